The van der Waals surface area contributed by atoms with Gasteiger partial charge in [-0.05, 0) is 99.5 Å². The second kappa shape index (κ2) is 11.8. The van der Waals surface area contributed by atoms with Crippen LogP contribution in [0.1, 0.15) is 49.7 Å². The zero-order valence-electron chi connectivity index (χ0n) is 23.4. The molecular formula is C32H40F5N3. The molecule has 2 aromatic carbocycles. The standard InChI is InChI=1S/C32H40F5N3/c1-23(40-18-16-38(2)17-19-40)28-9-8-27(21-30(28)34)26-7-6-25(29(33)20-26)5-4-24-10-14-39(15-11-24)22-31(12-3-13-31)32(35,36)37/h6-9,20-21,24H,1,3-5,10-19,22H2,2H3. The Kier molecular flexibility index (Phi) is 8.58. The molecule has 3 aliphatic rings. The zero-order valence-corrected chi connectivity index (χ0v) is 23.4. The third-order valence-electron chi connectivity index (χ3n) is 9.52. The van der Waals surface area contributed by atoms with Crippen molar-refractivity contribution in [3.8, 4) is 11.1 Å². The lowest BCUT2D eigenvalue weighted by Gasteiger charge is -2.47. The summed E-state index contributed by atoms with van der Waals surface area (Å²) in [5.74, 6) is -0.289. The number of alkyl halides is 3. The second-order valence-electron chi connectivity index (χ2n) is 12.1. The molecule has 0 spiro atoms. The van der Waals surface area contributed by atoms with Crippen LogP contribution in [0.2, 0.25) is 0 Å². The Morgan fingerprint density at radius 2 is 1.52 bits per heavy atom. The predicted molar refractivity (Wildman–Crippen MR) is 150 cm³/mol. The molecular weight excluding hydrogens is 521 g/mol. The Hall–Kier alpha value is -2.45. The molecule has 0 N–H and O–H groups in total. The molecule has 1 aliphatic carbocycles. The highest BCUT2D eigenvalue weighted by Crippen LogP contribution is 2.53. The Morgan fingerprint density at radius 1 is 0.900 bits per heavy atom. The van der Waals surface area contributed by atoms with Crippen molar-refractivity contribution in [1.29, 1.82) is 0 Å². The molecule has 0 atom stereocenters. The van der Waals surface area contributed by atoms with Gasteiger partial charge in [-0.2, -0.15) is 13.2 Å². The number of hydrogen-bond acceptors (Lipinski definition) is 3. The fourth-order valence-corrected chi connectivity index (χ4v) is 6.46. The first kappa shape index (κ1) is 29.1. The minimum absolute atomic E-state index is 0.116. The molecule has 3 fully saturated rings. The molecule has 0 bridgehead atoms. The Labute approximate surface area is 234 Å². The van der Waals surface area contributed by atoms with Crippen molar-refractivity contribution in [3.63, 3.8) is 0 Å². The van der Waals surface area contributed by atoms with Crippen LogP contribution in [0, 0.1) is 23.0 Å². The molecule has 5 rings (SSSR count). The summed E-state index contributed by atoms with van der Waals surface area (Å²) in [5.41, 5.74) is 1.50. The van der Waals surface area contributed by atoms with Crippen molar-refractivity contribution in [1.82, 2.24) is 14.7 Å². The lowest BCUT2D eigenvalue weighted by molar-refractivity contribution is -0.256. The topological polar surface area (TPSA) is 9.72 Å². The van der Waals surface area contributed by atoms with Crippen LogP contribution in [0.5, 0.6) is 0 Å². The fourth-order valence-electron chi connectivity index (χ4n) is 6.46. The van der Waals surface area contributed by atoms with Gasteiger partial charge in [-0.25, -0.2) is 8.78 Å². The van der Waals surface area contributed by atoms with Crippen molar-refractivity contribution in [2.24, 2.45) is 11.3 Å². The van der Waals surface area contributed by atoms with E-state index in [-0.39, 0.29) is 31.0 Å². The maximum atomic E-state index is 15.1. The van der Waals surface area contributed by atoms with Crippen molar-refractivity contribution in [2.45, 2.75) is 51.1 Å². The molecule has 2 heterocycles. The van der Waals surface area contributed by atoms with E-state index in [1.165, 1.54) is 12.1 Å². The van der Waals surface area contributed by atoms with E-state index in [1.807, 2.05) is 17.0 Å². The highest BCUT2D eigenvalue weighted by atomic mass is 19.4. The zero-order chi connectivity index (χ0) is 28.5. The van der Waals surface area contributed by atoms with Gasteiger partial charge in [0, 0.05) is 44.0 Å². The average molecular weight is 562 g/mol. The summed E-state index contributed by atoms with van der Waals surface area (Å²) < 4.78 is 70.7. The van der Waals surface area contributed by atoms with E-state index in [0.29, 0.717) is 59.8 Å². The maximum Gasteiger partial charge on any atom is 0.395 e. The van der Waals surface area contributed by atoms with Crippen molar-refractivity contribution in [2.75, 3.05) is 52.9 Å². The number of likely N-dealkylation sites (tertiary alicyclic amines) is 1. The van der Waals surface area contributed by atoms with Gasteiger partial charge in [0.25, 0.3) is 0 Å². The molecule has 0 radical (unpaired) electrons. The number of piperidine rings is 1. The summed E-state index contributed by atoms with van der Waals surface area (Å²) >= 11 is 0. The summed E-state index contributed by atoms with van der Waals surface area (Å²) in [4.78, 5) is 6.31. The number of rotatable bonds is 8. The third-order valence-corrected chi connectivity index (χ3v) is 9.52. The summed E-state index contributed by atoms with van der Waals surface area (Å²) in [6, 6.07) is 10.1. The van der Waals surface area contributed by atoms with Crippen molar-refractivity contribution < 1.29 is 22.0 Å². The maximum absolute atomic E-state index is 15.1. The van der Waals surface area contributed by atoms with Gasteiger partial charge in [-0.1, -0.05) is 31.2 Å². The first-order valence-electron chi connectivity index (χ1n) is 14.5. The quantitative estimate of drug-likeness (QED) is 0.315. The van der Waals surface area contributed by atoms with Crippen LogP contribution < -0.4 is 0 Å². The van der Waals surface area contributed by atoms with E-state index < -0.39 is 11.6 Å². The Morgan fingerprint density at radius 3 is 2.08 bits per heavy atom. The Bertz CT molecular complexity index is 1190. The van der Waals surface area contributed by atoms with Crippen LogP contribution >= 0.6 is 0 Å². The number of hydrogen-bond donors (Lipinski definition) is 0. The molecule has 2 saturated heterocycles. The average Bonchev–Trinajstić information content (AvgIpc) is 2.90. The Balaban J connectivity index is 1.14. The molecule has 8 heteroatoms. The monoisotopic (exact) mass is 561 g/mol. The van der Waals surface area contributed by atoms with E-state index in [0.717, 1.165) is 45.4 Å². The molecule has 0 amide bonds. The largest absolute Gasteiger partial charge is 0.395 e. The molecule has 0 unspecified atom stereocenters. The van der Waals surface area contributed by atoms with E-state index in [2.05, 4.69) is 23.4 Å². The van der Waals surface area contributed by atoms with E-state index >= 15 is 8.78 Å². The number of benzene rings is 2. The SMILES string of the molecule is C=C(c1ccc(-c2ccc(CCC3CCN(CC4(C(F)(F)F)CCC4)CC3)c(F)c2)cc1F)N1CCN(C)CC1. The summed E-state index contributed by atoms with van der Waals surface area (Å²) in [6.07, 6.45) is 0.111. The third kappa shape index (κ3) is 6.23. The van der Waals surface area contributed by atoms with Crippen LogP contribution in [-0.4, -0.2) is 73.7 Å². The van der Waals surface area contributed by atoms with Gasteiger partial charge in [-0.3, -0.25) is 0 Å². The van der Waals surface area contributed by atoms with Crippen LogP contribution in [0.3, 0.4) is 0 Å². The number of likely N-dealkylation sites (N-methyl/N-ethyl adjacent to an activating group) is 1. The van der Waals surface area contributed by atoms with Gasteiger partial charge in [0.15, 0.2) is 0 Å². The lowest BCUT2D eigenvalue weighted by Crippen LogP contribution is -2.53. The van der Waals surface area contributed by atoms with Gasteiger partial charge in [0.05, 0.1) is 5.41 Å². The molecule has 2 aromatic rings. The predicted octanol–water partition coefficient (Wildman–Crippen LogP) is 7.23. The van der Waals surface area contributed by atoms with Crippen LogP contribution in [0.25, 0.3) is 16.8 Å². The summed E-state index contributed by atoms with van der Waals surface area (Å²) in [5, 5.41) is 0. The fraction of sp³-hybridized carbons (Fsp3) is 0.562. The molecule has 40 heavy (non-hydrogen) atoms. The summed E-state index contributed by atoms with van der Waals surface area (Å²) in [6.45, 7) is 9.01. The lowest BCUT2D eigenvalue weighted by atomic mass is 9.67. The van der Waals surface area contributed by atoms with E-state index in [4.69, 9.17) is 0 Å². The van der Waals surface area contributed by atoms with E-state index in [1.54, 1.807) is 12.1 Å². The van der Waals surface area contributed by atoms with E-state index in [9.17, 15) is 13.2 Å². The number of aryl methyl sites for hydroxylation is 1. The van der Waals surface area contributed by atoms with Gasteiger partial charge >= 0.3 is 6.18 Å². The molecule has 1 saturated carbocycles. The van der Waals surface area contributed by atoms with Crippen LogP contribution in [0.4, 0.5) is 22.0 Å². The molecule has 0 aromatic heterocycles. The number of halogens is 5. The smallest absolute Gasteiger partial charge is 0.369 e. The normalized spacial score (nSPS) is 20.9. The van der Waals surface area contributed by atoms with Gasteiger partial charge in [0.1, 0.15) is 11.6 Å². The molecule has 218 valence electrons. The molecule has 2 aliphatic heterocycles. The second-order valence-corrected chi connectivity index (χ2v) is 12.1. The highest BCUT2D eigenvalue weighted by Gasteiger charge is 2.58. The van der Waals surface area contributed by atoms with Gasteiger partial charge < -0.3 is 14.7 Å². The van der Waals surface area contributed by atoms with Gasteiger partial charge in [-0.15, -0.1) is 0 Å². The first-order valence-corrected chi connectivity index (χ1v) is 14.5. The van der Waals surface area contributed by atoms with Crippen molar-refractivity contribution >= 4 is 5.70 Å². The minimum atomic E-state index is -4.13. The van der Waals surface area contributed by atoms with Crippen LogP contribution in [-0.2, 0) is 6.42 Å². The number of nitrogens with zero attached hydrogens (tertiary/aromatic N) is 3. The highest BCUT2D eigenvalue weighted by molar-refractivity contribution is 5.69. The minimum Gasteiger partial charge on any atom is -0.369 e. The number of piperazine rings is 1. The van der Waals surface area contributed by atoms with Crippen LogP contribution in [0.15, 0.2) is 43.0 Å². The summed E-state index contributed by atoms with van der Waals surface area (Å²) in [7, 11) is 2.07. The first-order chi connectivity index (χ1) is 19.0. The molecule has 3 nitrogen and oxygen atoms in total. The van der Waals surface area contributed by atoms with Crippen molar-refractivity contribution in [3.05, 3.63) is 65.7 Å². The van der Waals surface area contributed by atoms with Gasteiger partial charge in [0.2, 0.25) is 0 Å².